The minimum atomic E-state index is -0.455. The molecule has 4 nitrogen and oxygen atoms in total. The highest BCUT2D eigenvalue weighted by Crippen LogP contribution is 2.33. The van der Waals surface area contributed by atoms with Gasteiger partial charge in [-0.25, -0.2) is 4.39 Å². The summed E-state index contributed by atoms with van der Waals surface area (Å²) >= 11 is 1.27. The molecule has 2 aliphatic rings. The maximum absolute atomic E-state index is 13.1. The van der Waals surface area contributed by atoms with Crippen LogP contribution in [0.4, 0.5) is 4.39 Å². The fraction of sp³-hybridized carbons (Fsp3) is 0.231. The van der Waals surface area contributed by atoms with Gasteiger partial charge in [-0.05, 0) is 42.5 Å². The molecule has 6 heteroatoms. The maximum atomic E-state index is 13.1. The zero-order valence-electron chi connectivity index (χ0n) is 9.97. The van der Waals surface area contributed by atoms with Gasteiger partial charge in [-0.2, -0.15) is 4.99 Å². The van der Waals surface area contributed by atoms with Crippen LogP contribution in [0.15, 0.2) is 28.1 Å². The molecule has 1 N–H and O–H groups in total. The van der Waals surface area contributed by atoms with Gasteiger partial charge in [0.05, 0.1) is 4.91 Å². The highest BCUT2D eigenvalue weighted by Gasteiger charge is 2.28. The van der Waals surface area contributed by atoms with Gasteiger partial charge in [0.1, 0.15) is 11.6 Å². The average Bonchev–Trinajstić information content (AvgIpc) is 2.63. The third-order valence-corrected chi connectivity index (χ3v) is 4.06. The molecule has 0 saturated carbocycles. The predicted molar refractivity (Wildman–Crippen MR) is 72.3 cm³/mol. The number of thioether (sulfide) groups is 1. The fourth-order valence-corrected chi connectivity index (χ4v) is 2.78. The number of aromatic hydroxyl groups is 1. The van der Waals surface area contributed by atoms with Crippen LogP contribution in [-0.2, 0) is 4.79 Å². The number of amides is 1. The van der Waals surface area contributed by atoms with Crippen molar-refractivity contribution in [3.05, 3.63) is 34.5 Å². The van der Waals surface area contributed by atoms with Crippen molar-refractivity contribution in [3.8, 4) is 5.75 Å². The van der Waals surface area contributed by atoms with Gasteiger partial charge >= 0.3 is 0 Å². The number of phenolic OH excluding ortho intramolecular Hbond substituents is 1. The molecule has 0 aliphatic carbocycles. The van der Waals surface area contributed by atoms with Crippen LogP contribution in [0.2, 0.25) is 0 Å². The van der Waals surface area contributed by atoms with E-state index in [9.17, 15) is 14.3 Å². The summed E-state index contributed by atoms with van der Waals surface area (Å²) in [4.78, 5) is 18.1. The van der Waals surface area contributed by atoms with Gasteiger partial charge in [-0.15, -0.1) is 0 Å². The third-order valence-electron chi connectivity index (χ3n) is 3.01. The predicted octanol–water partition coefficient (Wildman–Crippen LogP) is 2.21. The van der Waals surface area contributed by atoms with Crippen molar-refractivity contribution in [2.45, 2.75) is 6.42 Å². The van der Waals surface area contributed by atoms with Crippen LogP contribution < -0.4 is 0 Å². The van der Waals surface area contributed by atoms with Gasteiger partial charge in [-0.1, -0.05) is 0 Å². The molecule has 1 saturated heterocycles. The topological polar surface area (TPSA) is 52.9 Å². The molecule has 0 aromatic heterocycles. The Bertz CT molecular complexity index is 609. The van der Waals surface area contributed by atoms with Crippen LogP contribution in [0.3, 0.4) is 0 Å². The summed E-state index contributed by atoms with van der Waals surface area (Å²) in [5.41, 5.74) is 0.288. The van der Waals surface area contributed by atoms with Crippen molar-refractivity contribution in [3.63, 3.8) is 0 Å². The molecule has 1 aromatic carbocycles. The number of hydrogen-bond donors (Lipinski definition) is 1. The number of aliphatic imine (C=N–C) groups is 1. The largest absolute Gasteiger partial charge is 0.507 e. The second-order valence-corrected chi connectivity index (χ2v) is 5.36. The lowest BCUT2D eigenvalue weighted by Crippen LogP contribution is -2.39. The van der Waals surface area contributed by atoms with Crippen molar-refractivity contribution < 1.29 is 14.3 Å². The first-order chi connectivity index (χ1) is 9.13. The third kappa shape index (κ3) is 2.35. The summed E-state index contributed by atoms with van der Waals surface area (Å²) in [6.07, 6.45) is 2.58. The lowest BCUT2D eigenvalue weighted by atomic mass is 10.2. The van der Waals surface area contributed by atoms with E-state index in [1.165, 1.54) is 36.0 Å². The zero-order chi connectivity index (χ0) is 13.4. The van der Waals surface area contributed by atoms with E-state index in [0.29, 0.717) is 10.1 Å². The molecule has 0 radical (unpaired) electrons. The molecule has 0 spiro atoms. The monoisotopic (exact) mass is 278 g/mol. The van der Waals surface area contributed by atoms with Crippen LogP contribution in [0.1, 0.15) is 12.0 Å². The highest BCUT2D eigenvalue weighted by atomic mass is 32.2. The number of benzene rings is 1. The summed E-state index contributed by atoms with van der Waals surface area (Å²) in [7, 11) is 0. The Morgan fingerprint density at radius 1 is 1.42 bits per heavy atom. The first kappa shape index (κ1) is 12.2. The number of phenols is 1. The van der Waals surface area contributed by atoms with Crippen molar-refractivity contribution in [2.24, 2.45) is 4.99 Å². The summed E-state index contributed by atoms with van der Waals surface area (Å²) in [5.74, 6) is -0.848. The molecule has 0 bridgehead atoms. The second kappa shape index (κ2) is 4.70. The molecule has 2 heterocycles. The van der Waals surface area contributed by atoms with Gasteiger partial charge in [0.25, 0.3) is 5.91 Å². The molecule has 3 rings (SSSR count). The molecule has 2 aliphatic heterocycles. The fourth-order valence-electron chi connectivity index (χ4n) is 1.82. The van der Waals surface area contributed by atoms with E-state index >= 15 is 0 Å². The van der Waals surface area contributed by atoms with E-state index in [0.717, 1.165) is 19.5 Å². The molecular formula is C13H11FN2O2S. The standard InChI is InChI=1S/C13H11FN2O2S/c14-9-2-3-10(17)8(6-9)7-11-12(18)15-13(19-11)16-4-1-5-16/h2-3,6-7,17H,1,4-5H2/b11-7-. The van der Waals surface area contributed by atoms with Crippen molar-refractivity contribution in [2.75, 3.05) is 13.1 Å². The quantitative estimate of drug-likeness (QED) is 0.800. The van der Waals surface area contributed by atoms with Crippen molar-refractivity contribution >= 4 is 28.9 Å². The molecule has 1 fully saturated rings. The smallest absolute Gasteiger partial charge is 0.286 e. The summed E-state index contributed by atoms with van der Waals surface area (Å²) in [6.45, 7) is 1.83. The summed E-state index contributed by atoms with van der Waals surface area (Å²) in [6, 6.07) is 3.63. The van der Waals surface area contributed by atoms with Gasteiger partial charge in [-0.3, -0.25) is 4.79 Å². The first-order valence-electron chi connectivity index (χ1n) is 5.89. The molecule has 19 heavy (non-hydrogen) atoms. The second-order valence-electron chi connectivity index (χ2n) is 4.35. The normalized spacial score (nSPS) is 20.7. The van der Waals surface area contributed by atoms with Crippen LogP contribution in [-0.4, -0.2) is 34.2 Å². The number of carbonyl (C=O) groups is 1. The minimum absolute atomic E-state index is 0.0558. The van der Waals surface area contributed by atoms with Crippen LogP contribution in [0, 0.1) is 5.82 Å². The summed E-state index contributed by atoms with van der Waals surface area (Å²) in [5, 5.41) is 10.3. The first-order valence-corrected chi connectivity index (χ1v) is 6.71. The Kier molecular flexibility index (Phi) is 3.02. The number of amidine groups is 1. The number of hydrogen-bond acceptors (Lipinski definition) is 4. The van der Waals surface area contributed by atoms with E-state index < -0.39 is 5.82 Å². The Hall–Kier alpha value is -1.82. The lowest BCUT2D eigenvalue weighted by molar-refractivity contribution is -0.113. The van der Waals surface area contributed by atoms with Gasteiger partial charge in [0.15, 0.2) is 5.17 Å². The van der Waals surface area contributed by atoms with E-state index in [4.69, 9.17) is 0 Å². The van der Waals surface area contributed by atoms with Crippen LogP contribution >= 0.6 is 11.8 Å². The van der Waals surface area contributed by atoms with E-state index in [1.807, 2.05) is 4.90 Å². The van der Waals surface area contributed by atoms with Crippen molar-refractivity contribution in [1.29, 1.82) is 0 Å². The molecular weight excluding hydrogens is 267 g/mol. The lowest BCUT2D eigenvalue weighted by Gasteiger charge is -2.31. The highest BCUT2D eigenvalue weighted by molar-refractivity contribution is 8.18. The van der Waals surface area contributed by atoms with Gasteiger partial charge in [0, 0.05) is 18.7 Å². The average molecular weight is 278 g/mol. The molecule has 0 atom stereocenters. The van der Waals surface area contributed by atoms with Crippen molar-refractivity contribution in [1.82, 2.24) is 4.90 Å². The Labute approximate surface area is 113 Å². The zero-order valence-corrected chi connectivity index (χ0v) is 10.8. The maximum Gasteiger partial charge on any atom is 0.286 e. The van der Waals surface area contributed by atoms with E-state index in [-0.39, 0.29) is 17.2 Å². The molecule has 0 unspecified atom stereocenters. The van der Waals surface area contributed by atoms with Crippen LogP contribution in [0.5, 0.6) is 5.75 Å². The number of rotatable bonds is 1. The molecule has 98 valence electrons. The minimum Gasteiger partial charge on any atom is -0.507 e. The SMILES string of the molecule is O=C1N=C(N2CCC2)S/C1=C\c1cc(F)ccc1O. The number of carbonyl (C=O) groups excluding carboxylic acids is 1. The molecule has 1 amide bonds. The number of likely N-dealkylation sites (tertiary alicyclic amines) is 1. The summed E-state index contributed by atoms with van der Waals surface area (Å²) < 4.78 is 13.1. The Morgan fingerprint density at radius 3 is 2.89 bits per heavy atom. The van der Waals surface area contributed by atoms with Crippen LogP contribution in [0.25, 0.3) is 6.08 Å². The van der Waals surface area contributed by atoms with E-state index in [1.54, 1.807) is 0 Å². The number of halogens is 1. The Balaban J connectivity index is 1.85. The molecule has 1 aromatic rings. The number of nitrogens with zero attached hydrogens (tertiary/aromatic N) is 2. The van der Waals surface area contributed by atoms with Gasteiger partial charge in [0.2, 0.25) is 0 Å². The van der Waals surface area contributed by atoms with E-state index in [2.05, 4.69) is 4.99 Å². The Morgan fingerprint density at radius 2 is 2.21 bits per heavy atom. The van der Waals surface area contributed by atoms with Gasteiger partial charge < -0.3 is 10.0 Å².